The quantitative estimate of drug-likeness (QED) is 0.888. The number of nitrogens with two attached hydrogens (primary N) is 1. The van der Waals surface area contributed by atoms with Crippen LogP contribution in [0.25, 0.3) is 0 Å². The maximum atomic E-state index is 13.0. The van der Waals surface area contributed by atoms with Crippen LogP contribution in [0.15, 0.2) is 6.20 Å². The number of alkyl halides is 3. The number of carbonyl (C=O) groups excluding carboxylic acids is 1. The first-order valence-corrected chi connectivity index (χ1v) is 7.98. The van der Waals surface area contributed by atoms with E-state index in [0.717, 1.165) is 0 Å². The standard InChI is InChI=1S/C15H23F3N4O3/c1-15(2,3)25-14(23)21-6-4-9(5-7-21)22-8-10(19)13(20-22)24-12(18)11(16)17/h8-9,11-12H,4-7,19H2,1-3H3. The highest BCUT2D eigenvalue weighted by molar-refractivity contribution is 5.68. The summed E-state index contributed by atoms with van der Waals surface area (Å²) in [5.74, 6) is -0.359. The molecule has 2 heterocycles. The Morgan fingerprint density at radius 3 is 2.44 bits per heavy atom. The number of likely N-dealkylation sites (tertiary alicyclic amines) is 1. The fourth-order valence-electron chi connectivity index (χ4n) is 2.47. The van der Waals surface area contributed by atoms with E-state index in [1.807, 2.05) is 0 Å². The van der Waals surface area contributed by atoms with Crippen LogP contribution in [-0.2, 0) is 4.74 Å². The monoisotopic (exact) mass is 364 g/mol. The van der Waals surface area contributed by atoms with Crippen LogP contribution in [0.1, 0.15) is 39.7 Å². The lowest BCUT2D eigenvalue weighted by Gasteiger charge is -2.33. The number of anilines is 1. The second-order valence-corrected chi connectivity index (χ2v) is 6.87. The lowest BCUT2D eigenvalue weighted by molar-refractivity contribution is -0.0690. The average molecular weight is 364 g/mol. The highest BCUT2D eigenvalue weighted by Gasteiger charge is 2.29. The van der Waals surface area contributed by atoms with Crippen molar-refractivity contribution in [3.8, 4) is 5.88 Å². The number of nitrogen functional groups attached to an aromatic ring is 1. The van der Waals surface area contributed by atoms with Crippen molar-refractivity contribution < 1.29 is 27.4 Å². The SMILES string of the molecule is CC(C)(C)OC(=O)N1CCC(n2cc(N)c(OC(F)C(F)F)n2)CC1. The second-order valence-electron chi connectivity index (χ2n) is 6.87. The van der Waals surface area contributed by atoms with Crippen molar-refractivity contribution in [1.29, 1.82) is 0 Å². The van der Waals surface area contributed by atoms with Crippen molar-refractivity contribution in [3.05, 3.63) is 6.20 Å². The van der Waals surface area contributed by atoms with Gasteiger partial charge in [-0.3, -0.25) is 4.68 Å². The van der Waals surface area contributed by atoms with E-state index in [-0.39, 0.29) is 23.7 Å². The van der Waals surface area contributed by atoms with E-state index >= 15 is 0 Å². The Hall–Kier alpha value is -2.13. The molecule has 1 aliphatic rings. The maximum Gasteiger partial charge on any atom is 0.410 e. The van der Waals surface area contributed by atoms with E-state index in [0.29, 0.717) is 25.9 Å². The topological polar surface area (TPSA) is 82.6 Å². The normalized spacial score (nSPS) is 17.6. The third-order valence-electron chi connectivity index (χ3n) is 3.64. The molecule has 1 saturated heterocycles. The van der Waals surface area contributed by atoms with Gasteiger partial charge in [-0.25, -0.2) is 13.6 Å². The number of piperidine rings is 1. The summed E-state index contributed by atoms with van der Waals surface area (Å²) in [4.78, 5) is 13.6. The summed E-state index contributed by atoms with van der Waals surface area (Å²) in [5, 5.41) is 3.95. The predicted octanol–water partition coefficient (Wildman–Crippen LogP) is 2.98. The van der Waals surface area contributed by atoms with Crippen molar-refractivity contribution in [2.45, 2.75) is 58.0 Å². The Kier molecular flexibility index (Phi) is 5.69. The molecule has 1 amide bonds. The van der Waals surface area contributed by atoms with Gasteiger partial charge in [0.1, 0.15) is 11.3 Å². The van der Waals surface area contributed by atoms with Crippen LogP contribution >= 0.6 is 0 Å². The van der Waals surface area contributed by atoms with Crippen molar-refractivity contribution >= 4 is 11.8 Å². The fraction of sp³-hybridized carbons (Fsp3) is 0.733. The lowest BCUT2D eigenvalue weighted by Crippen LogP contribution is -2.42. The van der Waals surface area contributed by atoms with Crippen LogP contribution in [-0.4, -0.2) is 52.2 Å². The molecule has 142 valence electrons. The van der Waals surface area contributed by atoms with E-state index in [1.165, 1.54) is 10.9 Å². The molecule has 0 saturated carbocycles. The smallest absolute Gasteiger partial charge is 0.410 e. The molecule has 0 bridgehead atoms. The van der Waals surface area contributed by atoms with Crippen molar-refractivity contribution in [1.82, 2.24) is 14.7 Å². The fourth-order valence-corrected chi connectivity index (χ4v) is 2.47. The van der Waals surface area contributed by atoms with Gasteiger partial charge >= 0.3 is 12.5 Å². The summed E-state index contributed by atoms with van der Waals surface area (Å²) in [6, 6.07) is -0.0945. The van der Waals surface area contributed by atoms with Gasteiger partial charge in [0.15, 0.2) is 0 Å². The molecule has 0 aliphatic carbocycles. The molecule has 1 atom stereocenters. The zero-order valence-corrected chi connectivity index (χ0v) is 14.4. The van der Waals surface area contributed by atoms with E-state index in [4.69, 9.17) is 10.5 Å². The van der Waals surface area contributed by atoms with Gasteiger partial charge in [0.25, 0.3) is 12.2 Å². The number of ether oxygens (including phenoxy) is 2. The Labute approximate surface area is 143 Å². The van der Waals surface area contributed by atoms with Crippen LogP contribution in [0.3, 0.4) is 0 Å². The molecule has 2 rings (SSSR count). The van der Waals surface area contributed by atoms with E-state index in [2.05, 4.69) is 9.84 Å². The highest BCUT2D eigenvalue weighted by Crippen LogP contribution is 2.28. The molecule has 0 radical (unpaired) electrons. The minimum absolute atomic E-state index is 0.0159. The number of hydrogen-bond donors (Lipinski definition) is 1. The minimum atomic E-state index is -3.28. The second kappa shape index (κ2) is 7.40. The first-order chi connectivity index (χ1) is 11.6. The molecule has 1 aromatic rings. The number of nitrogens with zero attached hydrogens (tertiary/aromatic N) is 3. The number of hydrogen-bond acceptors (Lipinski definition) is 5. The van der Waals surface area contributed by atoms with Gasteiger partial charge in [0.2, 0.25) is 0 Å². The molecular weight excluding hydrogens is 341 g/mol. The van der Waals surface area contributed by atoms with Crippen LogP contribution in [0.5, 0.6) is 5.88 Å². The maximum absolute atomic E-state index is 13.0. The zero-order chi connectivity index (χ0) is 18.8. The third kappa shape index (κ3) is 5.17. The molecule has 10 heteroatoms. The number of aromatic nitrogens is 2. The molecule has 2 N–H and O–H groups in total. The van der Waals surface area contributed by atoms with Gasteiger partial charge in [-0.1, -0.05) is 0 Å². The molecular formula is C15H23F3N4O3. The molecule has 25 heavy (non-hydrogen) atoms. The zero-order valence-electron chi connectivity index (χ0n) is 14.4. The van der Waals surface area contributed by atoms with E-state index < -0.39 is 18.4 Å². The van der Waals surface area contributed by atoms with Crippen molar-refractivity contribution in [3.63, 3.8) is 0 Å². The summed E-state index contributed by atoms with van der Waals surface area (Å²) in [5.41, 5.74) is 5.06. The summed E-state index contributed by atoms with van der Waals surface area (Å²) in [6.45, 7) is 6.30. The Balaban J connectivity index is 1.94. The molecule has 7 nitrogen and oxygen atoms in total. The Morgan fingerprint density at radius 1 is 1.32 bits per heavy atom. The number of amides is 1. The highest BCUT2D eigenvalue weighted by atomic mass is 19.3. The summed E-state index contributed by atoms with van der Waals surface area (Å²) < 4.78 is 48.6. The summed E-state index contributed by atoms with van der Waals surface area (Å²) in [7, 11) is 0. The molecule has 0 aromatic carbocycles. The van der Waals surface area contributed by atoms with E-state index in [9.17, 15) is 18.0 Å². The average Bonchev–Trinajstić information content (AvgIpc) is 2.86. The van der Waals surface area contributed by atoms with Crippen LogP contribution in [0, 0.1) is 0 Å². The Morgan fingerprint density at radius 2 is 1.92 bits per heavy atom. The first-order valence-electron chi connectivity index (χ1n) is 7.98. The molecule has 1 unspecified atom stereocenters. The Bertz CT molecular complexity index is 595. The summed E-state index contributed by atoms with van der Waals surface area (Å²) in [6.07, 6.45) is -3.86. The first kappa shape index (κ1) is 19.2. The van der Waals surface area contributed by atoms with Crippen molar-refractivity contribution in [2.24, 2.45) is 0 Å². The lowest BCUT2D eigenvalue weighted by atomic mass is 10.1. The number of halogens is 3. The molecule has 1 fully saturated rings. The van der Waals surface area contributed by atoms with Gasteiger partial charge in [0.05, 0.1) is 12.2 Å². The molecule has 0 spiro atoms. The van der Waals surface area contributed by atoms with Crippen LogP contribution in [0.2, 0.25) is 0 Å². The third-order valence-corrected chi connectivity index (χ3v) is 3.64. The van der Waals surface area contributed by atoms with Gasteiger partial charge in [-0.05, 0) is 33.6 Å². The van der Waals surface area contributed by atoms with Gasteiger partial charge < -0.3 is 20.1 Å². The van der Waals surface area contributed by atoms with Crippen LogP contribution < -0.4 is 10.5 Å². The van der Waals surface area contributed by atoms with Gasteiger partial charge in [0, 0.05) is 13.1 Å². The largest absolute Gasteiger partial charge is 0.444 e. The van der Waals surface area contributed by atoms with E-state index in [1.54, 1.807) is 25.7 Å². The van der Waals surface area contributed by atoms with Gasteiger partial charge in [-0.2, -0.15) is 4.39 Å². The number of rotatable bonds is 4. The minimum Gasteiger partial charge on any atom is -0.444 e. The van der Waals surface area contributed by atoms with Gasteiger partial charge in [-0.15, -0.1) is 5.10 Å². The summed E-state index contributed by atoms with van der Waals surface area (Å²) >= 11 is 0. The molecule has 1 aliphatic heterocycles. The van der Waals surface area contributed by atoms with Crippen LogP contribution in [0.4, 0.5) is 23.7 Å². The number of carbonyl (C=O) groups is 1. The van der Waals surface area contributed by atoms with Crippen molar-refractivity contribution in [2.75, 3.05) is 18.8 Å². The predicted molar refractivity (Wildman–Crippen MR) is 84.2 cm³/mol. The molecule has 1 aromatic heterocycles.